The van der Waals surface area contributed by atoms with Crippen molar-refractivity contribution < 1.29 is 9.53 Å². The van der Waals surface area contributed by atoms with Gasteiger partial charge in [0.2, 0.25) is 0 Å². The molecule has 164 valence electrons. The van der Waals surface area contributed by atoms with Crippen LogP contribution in [0.15, 0.2) is 28.0 Å². The van der Waals surface area contributed by atoms with E-state index in [0.717, 1.165) is 25.0 Å². The van der Waals surface area contributed by atoms with Gasteiger partial charge in [0.05, 0.1) is 16.6 Å². The molecular formula is C22H26N4O3S2. The molecule has 4 rings (SSSR count). The lowest BCUT2D eigenvalue weighted by atomic mass is 10.2. The summed E-state index contributed by atoms with van der Waals surface area (Å²) in [5, 5.41) is 3.30. The number of hydrogen-bond donors (Lipinski definition) is 1. The Morgan fingerprint density at radius 2 is 2.23 bits per heavy atom. The van der Waals surface area contributed by atoms with Crippen molar-refractivity contribution >= 4 is 51.7 Å². The molecule has 0 aliphatic carbocycles. The number of aromatic nitrogens is 2. The van der Waals surface area contributed by atoms with Gasteiger partial charge in [0.25, 0.3) is 11.5 Å². The van der Waals surface area contributed by atoms with Gasteiger partial charge in [0.15, 0.2) is 0 Å². The third-order valence-corrected chi connectivity index (χ3v) is 6.68. The second kappa shape index (κ2) is 9.10. The standard InChI is InChI=1S/C22H26N4O3S2/c1-13(2)12-26-21(28)17(31-22(26)30)10-16-18(23-11-15-7-5-9-29-15)24-19-14(3)6-4-8-25(19)20(16)27/h4,6,8,10,13,15,23H,5,7,9,11-12H2,1-3H3/b17-10-. The molecule has 1 N–H and O–H groups in total. The van der Waals surface area contributed by atoms with Gasteiger partial charge in [-0.2, -0.15) is 0 Å². The fraction of sp³-hybridized carbons (Fsp3) is 0.455. The van der Waals surface area contributed by atoms with Crippen molar-refractivity contribution in [3.63, 3.8) is 0 Å². The maximum absolute atomic E-state index is 13.4. The van der Waals surface area contributed by atoms with Crippen LogP contribution in [0.4, 0.5) is 5.82 Å². The first-order valence-corrected chi connectivity index (χ1v) is 11.7. The number of nitrogens with zero attached hydrogens (tertiary/aromatic N) is 3. The first-order chi connectivity index (χ1) is 14.8. The predicted octanol–water partition coefficient (Wildman–Crippen LogP) is 3.45. The number of amides is 1. The van der Waals surface area contributed by atoms with Gasteiger partial charge in [-0.3, -0.25) is 18.9 Å². The zero-order valence-electron chi connectivity index (χ0n) is 17.9. The van der Waals surface area contributed by atoms with Crippen molar-refractivity contribution in [3.8, 4) is 0 Å². The highest BCUT2D eigenvalue weighted by Crippen LogP contribution is 2.33. The van der Waals surface area contributed by atoms with Crippen LogP contribution in [0, 0.1) is 12.8 Å². The molecule has 2 aromatic heterocycles. The fourth-order valence-electron chi connectivity index (χ4n) is 3.75. The summed E-state index contributed by atoms with van der Waals surface area (Å²) >= 11 is 6.64. The van der Waals surface area contributed by atoms with Gasteiger partial charge in [0.1, 0.15) is 15.8 Å². The van der Waals surface area contributed by atoms with Crippen LogP contribution in [0.25, 0.3) is 11.7 Å². The largest absolute Gasteiger partial charge is 0.376 e. The molecule has 31 heavy (non-hydrogen) atoms. The highest BCUT2D eigenvalue weighted by atomic mass is 32.2. The van der Waals surface area contributed by atoms with E-state index in [1.165, 1.54) is 16.2 Å². The van der Waals surface area contributed by atoms with Crippen molar-refractivity contribution in [3.05, 3.63) is 44.7 Å². The lowest BCUT2D eigenvalue weighted by molar-refractivity contribution is -0.122. The van der Waals surface area contributed by atoms with Crippen molar-refractivity contribution in [1.29, 1.82) is 0 Å². The molecule has 0 saturated carbocycles. The molecule has 4 heterocycles. The lowest BCUT2D eigenvalue weighted by Gasteiger charge is -2.16. The van der Waals surface area contributed by atoms with Gasteiger partial charge >= 0.3 is 0 Å². The molecule has 0 radical (unpaired) electrons. The van der Waals surface area contributed by atoms with E-state index >= 15 is 0 Å². The molecule has 2 aromatic rings. The Kier molecular flexibility index (Phi) is 6.45. The quantitative estimate of drug-likeness (QED) is 0.525. The molecule has 1 atom stereocenters. The highest BCUT2D eigenvalue weighted by Gasteiger charge is 2.33. The summed E-state index contributed by atoms with van der Waals surface area (Å²) < 4.78 is 7.74. The van der Waals surface area contributed by atoms with Crippen LogP contribution in [-0.4, -0.2) is 50.3 Å². The van der Waals surface area contributed by atoms with Gasteiger partial charge in [-0.1, -0.05) is 43.9 Å². The number of anilines is 1. The Morgan fingerprint density at radius 1 is 1.42 bits per heavy atom. The molecule has 1 amide bonds. The van der Waals surface area contributed by atoms with Crippen molar-refractivity contribution in [2.45, 2.75) is 39.7 Å². The minimum Gasteiger partial charge on any atom is -0.376 e. The lowest BCUT2D eigenvalue weighted by Crippen LogP contribution is -2.31. The third-order valence-electron chi connectivity index (χ3n) is 5.30. The molecule has 1 unspecified atom stereocenters. The Hall–Kier alpha value is -2.23. The SMILES string of the molecule is Cc1cccn2c(=O)c(/C=C3\SC(=S)N(CC(C)C)C3=O)c(NCC3CCCO3)nc12. The minimum atomic E-state index is -0.224. The van der Waals surface area contributed by atoms with E-state index < -0.39 is 0 Å². The van der Waals surface area contributed by atoms with Crippen molar-refractivity contribution in [1.82, 2.24) is 14.3 Å². The van der Waals surface area contributed by atoms with Crippen LogP contribution in [-0.2, 0) is 9.53 Å². The highest BCUT2D eigenvalue weighted by molar-refractivity contribution is 8.26. The van der Waals surface area contributed by atoms with Crippen LogP contribution in [0.3, 0.4) is 0 Å². The van der Waals surface area contributed by atoms with E-state index in [9.17, 15) is 9.59 Å². The van der Waals surface area contributed by atoms with Crippen LogP contribution in [0.2, 0.25) is 0 Å². The number of pyridine rings is 1. The first-order valence-electron chi connectivity index (χ1n) is 10.5. The topological polar surface area (TPSA) is 75.9 Å². The fourth-order valence-corrected chi connectivity index (χ4v) is 5.00. The maximum atomic E-state index is 13.4. The summed E-state index contributed by atoms with van der Waals surface area (Å²) in [6.07, 6.45) is 5.42. The molecule has 2 fully saturated rings. The summed E-state index contributed by atoms with van der Waals surface area (Å²) in [6.45, 7) is 7.87. The van der Waals surface area contributed by atoms with Gasteiger partial charge in [-0.25, -0.2) is 4.98 Å². The number of nitrogens with one attached hydrogen (secondary N) is 1. The van der Waals surface area contributed by atoms with Crippen LogP contribution < -0.4 is 10.9 Å². The molecule has 7 nitrogen and oxygen atoms in total. The molecular weight excluding hydrogens is 432 g/mol. The number of fused-ring (bicyclic) bond motifs is 1. The molecule has 2 aliphatic heterocycles. The second-order valence-electron chi connectivity index (χ2n) is 8.27. The number of aryl methyl sites for hydroxylation is 1. The number of rotatable bonds is 6. The van der Waals surface area contributed by atoms with E-state index in [-0.39, 0.29) is 17.6 Å². The summed E-state index contributed by atoms with van der Waals surface area (Å²) in [6, 6.07) is 3.74. The normalized spacial score (nSPS) is 20.6. The molecule has 9 heteroatoms. The van der Waals surface area contributed by atoms with E-state index in [1.807, 2.05) is 32.9 Å². The van der Waals surface area contributed by atoms with Crippen molar-refractivity contribution in [2.75, 3.05) is 25.0 Å². The van der Waals surface area contributed by atoms with E-state index in [1.54, 1.807) is 17.2 Å². The van der Waals surface area contributed by atoms with Gasteiger partial charge in [-0.15, -0.1) is 0 Å². The van der Waals surface area contributed by atoms with E-state index in [0.29, 0.717) is 45.3 Å². The number of thioether (sulfide) groups is 1. The van der Waals surface area contributed by atoms with Crippen LogP contribution in [0.1, 0.15) is 37.8 Å². The summed E-state index contributed by atoms with van der Waals surface area (Å²) in [5.74, 6) is 0.591. The Balaban J connectivity index is 1.76. The van der Waals surface area contributed by atoms with Crippen molar-refractivity contribution in [2.24, 2.45) is 5.92 Å². The monoisotopic (exact) mass is 458 g/mol. The molecule has 0 spiro atoms. The molecule has 2 aliphatic rings. The molecule has 0 aromatic carbocycles. The zero-order chi connectivity index (χ0) is 22.1. The second-order valence-corrected chi connectivity index (χ2v) is 9.94. The van der Waals surface area contributed by atoms with E-state index in [4.69, 9.17) is 21.9 Å². The van der Waals surface area contributed by atoms with Gasteiger partial charge in [0, 0.05) is 25.9 Å². The average Bonchev–Trinajstić information content (AvgIpc) is 3.33. The summed E-state index contributed by atoms with van der Waals surface area (Å²) in [5.41, 5.74) is 1.62. The van der Waals surface area contributed by atoms with Crippen LogP contribution in [0.5, 0.6) is 0 Å². The average molecular weight is 459 g/mol. The zero-order valence-corrected chi connectivity index (χ0v) is 19.5. The minimum absolute atomic E-state index is 0.0919. The number of thiocarbonyl (C=S) groups is 1. The Morgan fingerprint density at radius 3 is 2.94 bits per heavy atom. The number of carbonyl (C=O) groups excluding carboxylic acids is 1. The Labute approximate surface area is 190 Å². The number of carbonyl (C=O) groups is 1. The number of hydrogen-bond acceptors (Lipinski definition) is 7. The first kappa shape index (κ1) is 22.0. The summed E-state index contributed by atoms with van der Waals surface area (Å²) in [7, 11) is 0. The smallest absolute Gasteiger partial charge is 0.267 e. The third kappa shape index (κ3) is 4.53. The number of ether oxygens (including phenoxy) is 1. The summed E-state index contributed by atoms with van der Waals surface area (Å²) in [4.78, 5) is 33.1. The molecule has 0 bridgehead atoms. The van der Waals surface area contributed by atoms with Gasteiger partial charge in [-0.05, 0) is 43.4 Å². The molecule has 2 saturated heterocycles. The van der Waals surface area contributed by atoms with Gasteiger partial charge < -0.3 is 10.1 Å². The predicted molar refractivity (Wildman–Crippen MR) is 128 cm³/mol. The Bertz CT molecular complexity index is 1120. The van der Waals surface area contributed by atoms with E-state index in [2.05, 4.69) is 5.32 Å². The van der Waals surface area contributed by atoms with Crippen LogP contribution >= 0.6 is 24.0 Å². The maximum Gasteiger partial charge on any atom is 0.267 e.